The number of hydrogen-bond acceptors (Lipinski definition) is 6. The Hall–Kier alpha value is -3.27. The van der Waals surface area contributed by atoms with E-state index in [4.69, 9.17) is 4.74 Å². The summed E-state index contributed by atoms with van der Waals surface area (Å²) in [5.74, 6) is -3.72. The normalized spacial score (nSPS) is 15.9. The van der Waals surface area contributed by atoms with Gasteiger partial charge in [0.05, 0.1) is 5.69 Å². The second-order valence-electron chi connectivity index (χ2n) is 6.85. The van der Waals surface area contributed by atoms with Crippen molar-refractivity contribution in [2.24, 2.45) is 0 Å². The fraction of sp³-hybridized carbons (Fsp3) is 0.250. The summed E-state index contributed by atoms with van der Waals surface area (Å²) in [4.78, 5) is 37.8. The molecule has 0 saturated carbocycles. The number of fused-ring (bicyclic) bond motifs is 1. The maximum atomic E-state index is 12.9. The largest absolute Gasteiger partial charge is 0.479 e. The molecule has 0 fully saturated rings. The summed E-state index contributed by atoms with van der Waals surface area (Å²) in [6.07, 6.45) is -0.663. The van der Waals surface area contributed by atoms with Gasteiger partial charge >= 0.3 is 0 Å². The van der Waals surface area contributed by atoms with Crippen LogP contribution >= 0.6 is 0 Å². The van der Waals surface area contributed by atoms with Crippen LogP contribution in [0, 0.1) is 5.82 Å². The second-order valence-corrected chi connectivity index (χ2v) is 8.91. The molecule has 0 radical (unpaired) electrons. The van der Waals surface area contributed by atoms with Crippen molar-refractivity contribution in [3.63, 3.8) is 0 Å². The molecule has 8 nitrogen and oxygen atoms in total. The van der Waals surface area contributed by atoms with Gasteiger partial charge in [0.25, 0.3) is 5.91 Å². The number of carbonyl (C=O) groups is 3. The second kappa shape index (κ2) is 8.23. The van der Waals surface area contributed by atoms with Crippen LogP contribution in [-0.4, -0.2) is 50.7 Å². The molecule has 158 valence electrons. The molecule has 30 heavy (non-hydrogen) atoms. The Morgan fingerprint density at radius 1 is 1.13 bits per heavy atom. The fourth-order valence-electron chi connectivity index (χ4n) is 2.95. The van der Waals surface area contributed by atoms with E-state index in [1.165, 1.54) is 42.3 Å². The van der Waals surface area contributed by atoms with Crippen LogP contribution in [0.3, 0.4) is 0 Å². The van der Waals surface area contributed by atoms with E-state index in [1.807, 2.05) is 0 Å². The van der Waals surface area contributed by atoms with E-state index in [9.17, 15) is 27.2 Å². The van der Waals surface area contributed by atoms with E-state index in [0.717, 1.165) is 12.1 Å². The van der Waals surface area contributed by atoms with Crippen molar-refractivity contribution in [1.29, 1.82) is 0 Å². The Morgan fingerprint density at radius 2 is 1.80 bits per heavy atom. The minimum absolute atomic E-state index is 0.0778. The molecule has 0 aromatic heterocycles. The number of Topliss-reactive ketones (excluding diaryl/α,β-unsaturated/α-hetero) is 1. The van der Waals surface area contributed by atoms with E-state index in [0.29, 0.717) is 11.4 Å². The first kappa shape index (κ1) is 21.4. The third kappa shape index (κ3) is 4.82. The highest BCUT2D eigenvalue weighted by molar-refractivity contribution is 7.92. The number of halogens is 1. The number of amides is 2. The highest BCUT2D eigenvalue weighted by atomic mass is 32.2. The van der Waals surface area contributed by atoms with Gasteiger partial charge in [-0.1, -0.05) is 0 Å². The highest BCUT2D eigenvalue weighted by Gasteiger charge is 2.30. The molecule has 0 bridgehead atoms. The quantitative estimate of drug-likeness (QED) is 0.695. The number of sulfone groups is 1. The highest BCUT2D eigenvalue weighted by Crippen LogP contribution is 2.34. The van der Waals surface area contributed by atoms with Gasteiger partial charge in [0.2, 0.25) is 5.91 Å². The lowest BCUT2D eigenvalue weighted by atomic mass is 10.1. The number of benzene rings is 2. The Bertz CT molecular complexity index is 1110. The summed E-state index contributed by atoms with van der Waals surface area (Å²) in [7, 11) is -2.53. The predicted octanol–water partition coefficient (Wildman–Crippen LogP) is 1.81. The Morgan fingerprint density at radius 3 is 2.47 bits per heavy atom. The van der Waals surface area contributed by atoms with E-state index in [1.54, 1.807) is 6.92 Å². The summed E-state index contributed by atoms with van der Waals surface area (Å²) in [5, 5.41) is 2.34. The molecule has 0 aliphatic carbocycles. The number of rotatable bonds is 6. The number of nitrogens with zero attached hydrogens (tertiary/aromatic N) is 1. The van der Waals surface area contributed by atoms with Gasteiger partial charge in [-0.15, -0.1) is 0 Å². The predicted molar refractivity (Wildman–Crippen MR) is 108 cm³/mol. The zero-order valence-corrected chi connectivity index (χ0v) is 17.0. The van der Waals surface area contributed by atoms with Gasteiger partial charge in [0.15, 0.2) is 21.7 Å². The molecule has 2 aromatic rings. The van der Waals surface area contributed by atoms with Crippen molar-refractivity contribution in [2.75, 3.05) is 28.8 Å². The molecule has 10 heteroatoms. The molecular formula is C20H19FN2O6S. The summed E-state index contributed by atoms with van der Waals surface area (Å²) in [5.41, 5.74) is 0.670. The van der Waals surface area contributed by atoms with Crippen LogP contribution in [0.1, 0.15) is 17.3 Å². The van der Waals surface area contributed by atoms with Gasteiger partial charge in [-0.3, -0.25) is 14.4 Å². The molecule has 3 rings (SSSR count). The molecule has 0 saturated heterocycles. The number of nitrogens with one attached hydrogen (secondary N) is 1. The summed E-state index contributed by atoms with van der Waals surface area (Å²) < 4.78 is 42.9. The smallest absolute Gasteiger partial charge is 0.267 e. The van der Waals surface area contributed by atoms with Gasteiger partial charge in [0, 0.05) is 18.3 Å². The number of hydrogen-bond donors (Lipinski definition) is 1. The minimum atomic E-state index is -4.06. The molecular weight excluding hydrogens is 415 g/mol. The molecule has 1 N–H and O–H groups in total. The molecule has 2 aromatic carbocycles. The minimum Gasteiger partial charge on any atom is -0.479 e. The van der Waals surface area contributed by atoms with Gasteiger partial charge in [-0.2, -0.15) is 0 Å². The Balaban J connectivity index is 1.68. The van der Waals surface area contributed by atoms with E-state index < -0.39 is 45.0 Å². The third-order valence-electron chi connectivity index (χ3n) is 4.45. The van der Waals surface area contributed by atoms with Crippen LogP contribution in [0.4, 0.5) is 15.8 Å². The van der Waals surface area contributed by atoms with Crippen LogP contribution in [0.5, 0.6) is 5.75 Å². The SMILES string of the molecule is CC1Oc2ccc(C(=O)CS(=O)(=O)CC(=O)Nc3ccc(F)cc3)cc2N(C)C1=O. The first-order valence-electron chi connectivity index (χ1n) is 8.93. The molecule has 1 unspecified atom stereocenters. The lowest BCUT2D eigenvalue weighted by molar-refractivity contribution is -0.125. The molecule has 1 aliphatic rings. The van der Waals surface area contributed by atoms with Crippen LogP contribution in [0.15, 0.2) is 42.5 Å². The Labute approximate surface area is 172 Å². The van der Waals surface area contributed by atoms with Gasteiger partial charge < -0.3 is 15.0 Å². The lowest BCUT2D eigenvalue weighted by Gasteiger charge is -2.30. The average Bonchev–Trinajstić information content (AvgIpc) is 2.67. The van der Waals surface area contributed by atoms with Crippen molar-refractivity contribution in [1.82, 2.24) is 0 Å². The summed E-state index contributed by atoms with van der Waals surface area (Å²) >= 11 is 0. The third-order valence-corrected chi connectivity index (χ3v) is 5.86. The van der Waals surface area contributed by atoms with Crippen LogP contribution in [-0.2, 0) is 19.4 Å². The standard InChI is InChI=1S/C20H19FN2O6S/c1-12-20(26)23(2)16-9-13(3-8-18(16)29-12)17(24)10-30(27,28)11-19(25)22-15-6-4-14(21)5-7-15/h3-9,12H,10-11H2,1-2H3,(H,22,25). The van der Waals surface area contributed by atoms with Crippen molar-refractivity contribution < 1.29 is 31.9 Å². The van der Waals surface area contributed by atoms with Crippen LogP contribution in [0.25, 0.3) is 0 Å². The molecule has 1 aliphatic heterocycles. The van der Waals surface area contributed by atoms with Gasteiger partial charge in [0.1, 0.15) is 23.1 Å². The Kier molecular flexibility index (Phi) is 5.88. The number of likely N-dealkylation sites (N-methyl/N-ethyl adjacent to an activating group) is 1. The number of ketones is 1. The average molecular weight is 434 g/mol. The zero-order chi connectivity index (χ0) is 22.1. The van der Waals surface area contributed by atoms with E-state index in [2.05, 4.69) is 5.32 Å². The van der Waals surface area contributed by atoms with Crippen molar-refractivity contribution in [2.45, 2.75) is 13.0 Å². The van der Waals surface area contributed by atoms with E-state index in [-0.39, 0.29) is 17.2 Å². The fourth-order valence-corrected chi connectivity index (χ4v) is 4.09. The monoisotopic (exact) mass is 434 g/mol. The lowest BCUT2D eigenvalue weighted by Crippen LogP contribution is -2.42. The van der Waals surface area contributed by atoms with Crippen molar-refractivity contribution >= 4 is 38.8 Å². The first-order valence-corrected chi connectivity index (χ1v) is 10.8. The number of anilines is 2. The maximum absolute atomic E-state index is 12.9. The van der Waals surface area contributed by atoms with Gasteiger partial charge in [-0.05, 0) is 49.4 Å². The molecule has 0 spiro atoms. The summed E-state index contributed by atoms with van der Waals surface area (Å²) in [6, 6.07) is 9.11. The number of ether oxygens (including phenoxy) is 1. The van der Waals surface area contributed by atoms with Crippen molar-refractivity contribution in [3.05, 3.63) is 53.8 Å². The molecule has 1 atom stereocenters. The topological polar surface area (TPSA) is 110 Å². The molecule has 2 amide bonds. The number of carbonyl (C=O) groups excluding carboxylic acids is 3. The summed E-state index contributed by atoms with van der Waals surface area (Å²) in [6.45, 7) is 1.60. The van der Waals surface area contributed by atoms with Crippen LogP contribution < -0.4 is 15.0 Å². The van der Waals surface area contributed by atoms with Crippen molar-refractivity contribution in [3.8, 4) is 5.75 Å². The van der Waals surface area contributed by atoms with E-state index >= 15 is 0 Å². The van der Waals surface area contributed by atoms with Gasteiger partial charge in [-0.25, -0.2) is 12.8 Å². The molecule has 1 heterocycles. The zero-order valence-electron chi connectivity index (χ0n) is 16.2. The maximum Gasteiger partial charge on any atom is 0.267 e. The van der Waals surface area contributed by atoms with Crippen LogP contribution in [0.2, 0.25) is 0 Å². The first-order chi connectivity index (χ1) is 14.1.